The number of benzene rings is 1. The van der Waals surface area contributed by atoms with E-state index in [1.165, 1.54) is 0 Å². The van der Waals surface area contributed by atoms with E-state index >= 15 is 0 Å². The van der Waals surface area contributed by atoms with Crippen molar-refractivity contribution in [1.29, 1.82) is 0 Å². The van der Waals surface area contributed by atoms with E-state index in [1.807, 2.05) is 23.1 Å². The molecule has 1 saturated heterocycles. The summed E-state index contributed by atoms with van der Waals surface area (Å²) >= 11 is 3.43. The number of hydrogen-bond acceptors (Lipinski definition) is 2. The highest BCUT2D eigenvalue weighted by atomic mass is 79.9. The largest absolute Gasteiger partial charge is 0.398 e. The van der Waals surface area contributed by atoms with Gasteiger partial charge < -0.3 is 5.73 Å². The zero-order valence-electron chi connectivity index (χ0n) is 10.4. The Balaban J connectivity index is 1.96. The van der Waals surface area contributed by atoms with Gasteiger partial charge in [-0.05, 0) is 38.1 Å². The van der Waals surface area contributed by atoms with Gasteiger partial charge in [0.2, 0.25) is 0 Å². The Hall–Kier alpha value is -0.750. The summed E-state index contributed by atoms with van der Waals surface area (Å²) in [6.07, 6.45) is -3.71. The van der Waals surface area contributed by atoms with Crippen LogP contribution < -0.4 is 5.73 Å². The van der Waals surface area contributed by atoms with E-state index in [0.29, 0.717) is 25.3 Å². The topological polar surface area (TPSA) is 29.3 Å². The number of nitrogen functional groups attached to an aromatic ring is 1. The molecule has 0 saturated carbocycles. The first-order chi connectivity index (χ1) is 8.88. The fourth-order valence-electron chi connectivity index (χ4n) is 2.38. The van der Waals surface area contributed by atoms with Crippen LogP contribution in [0.2, 0.25) is 0 Å². The first-order valence-corrected chi connectivity index (χ1v) is 6.99. The molecule has 1 fully saturated rings. The Kier molecular flexibility index (Phi) is 4.40. The zero-order chi connectivity index (χ0) is 14.0. The van der Waals surface area contributed by atoms with E-state index in [9.17, 15) is 13.2 Å². The molecule has 6 heteroatoms. The molecule has 0 spiro atoms. The van der Waals surface area contributed by atoms with Crippen molar-refractivity contribution in [3.05, 3.63) is 28.2 Å². The van der Waals surface area contributed by atoms with Crippen molar-refractivity contribution in [1.82, 2.24) is 4.90 Å². The van der Waals surface area contributed by atoms with Crippen LogP contribution in [0.25, 0.3) is 0 Å². The molecule has 2 rings (SSSR count). The van der Waals surface area contributed by atoms with E-state index in [0.717, 1.165) is 10.0 Å². The summed E-state index contributed by atoms with van der Waals surface area (Å²) in [4.78, 5) is 2.03. The minimum absolute atomic E-state index is 0.174. The average Bonchev–Trinajstić information content (AvgIpc) is 2.33. The molecule has 0 radical (unpaired) electrons. The van der Waals surface area contributed by atoms with Gasteiger partial charge in [-0.25, -0.2) is 0 Å². The van der Waals surface area contributed by atoms with E-state index in [2.05, 4.69) is 15.9 Å². The molecule has 1 aliphatic heterocycles. The van der Waals surface area contributed by atoms with Gasteiger partial charge in [-0.15, -0.1) is 0 Å². The lowest BCUT2D eigenvalue weighted by molar-refractivity contribution is -0.185. The van der Waals surface area contributed by atoms with Gasteiger partial charge in [-0.2, -0.15) is 13.2 Å². The smallest absolute Gasteiger partial charge is 0.391 e. The number of anilines is 1. The van der Waals surface area contributed by atoms with E-state index in [-0.39, 0.29) is 12.8 Å². The molecule has 1 aromatic carbocycles. The molecule has 2 nitrogen and oxygen atoms in total. The minimum Gasteiger partial charge on any atom is -0.398 e. The maximum absolute atomic E-state index is 12.6. The predicted octanol–water partition coefficient (Wildman–Crippen LogP) is 3.81. The molecule has 106 valence electrons. The molecule has 0 aromatic heterocycles. The van der Waals surface area contributed by atoms with Gasteiger partial charge in [0.1, 0.15) is 0 Å². The molecule has 0 amide bonds. The number of nitrogens with zero attached hydrogens (tertiary/aromatic N) is 1. The molecule has 1 aliphatic rings. The quantitative estimate of drug-likeness (QED) is 0.832. The first kappa shape index (κ1) is 14.7. The van der Waals surface area contributed by atoms with Gasteiger partial charge in [-0.3, -0.25) is 4.90 Å². The number of rotatable bonds is 2. The maximum atomic E-state index is 12.6. The molecular formula is C13H16BrF3N2. The van der Waals surface area contributed by atoms with Crippen molar-refractivity contribution in [2.45, 2.75) is 25.6 Å². The van der Waals surface area contributed by atoms with Gasteiger partial charge in [0.05, 0.1) is 5.92 Å². The standard InChI is InChI=1S/C13H16BrF3N2/c14-11-2-1-3-12(18)10(11)8-19-6-4-9(5-7-19)13(15,16)17/h1-3,9H,4-8,18H2. The van der Waals surface area contributed by atoms with Gasteiger partial charge in [-0.1, -0.05) is 22.0 Å². The highest BCUT2D eigenvalue weighted by molar-refractivity contribution is 9.10. The fourth-order valence-corrected chi connectivity index (χ4v) is 2.89. The van der Waals surface area contributed by atoms with Crippen LogP contribution >= 0.6 is 15.9 Å². The van der Waals surface area contributed by atoms with Gasteiger partial charge in [0.25, 0.3) is 0 Å². The van der Waals surface area contributed by atoms with Crippen LogP contribution in [0.4, 0.5) is 18.9 Å². The lowest BCUT2D eigenvalue weighted by atomic mass is 9.96. The highest BCUT2D eigenvalue weighted by Gasteiger charge is 2.41. The van der Waals surface area contributed by atoms with Crippen LogP contribution in [0.1, 0.15) is 18.4 Å². The SMILES string of the molecule is Nc1cccc(Br)c1CN1CCC(C(F)(F)F)CC1. The van der Waals surface area contributed by atoms with Crippen molar-refractivity contribution in [2.75, 3.05) is 18.8 Å². The number of alkyl halides is 3. The van der Waals surface area contributed by atoms with Gasteiger partial charge in [0, 0.05) is 22.3 Å². The van der Waals surface area contributed by atoms with Crippen molar-refractivity contribution in [3.63, 3.8) is 0 Å². The molecule has 1 heterocycles. The summed E-state index contributed by atoms with van der Waals surface area (Å²) < 4.78 is 38.6. The molecule has 0 aliphatic carbocycles. The summed E-state index contributed by atoms with van der Waals surface area (Å²) in [6, 6.07) is 5.55. The number of halogens is 4. The monoisotopic (exact) mass is 336 g/mol. The van der Waals surface area contributed by atoms with Crippen LogP contribution in [-0.2, 0) is 6.54 Å². The third-order valence-electron chi connectivity index (χ3n) is 3.59. The Labute approximate surface area is 118 Å². The Morgan fingerprint density at radius 3 is 2.42 bits per heavy atom. The Morgan fingerprint density at radius 2 is 1.89 bits per heavy atom. The van der Waals surface area contributed by atoms with E-state index < -0.39 is 12.1 Å². The average molecular weight is 337 g/mol. The molecule has 2 N–H and O–H groups in total. The maximum Gasteiger partial charge on any atom is 0.391 e. The molecule has 1 aromatic rings. The van der Waals surface area contributed by atoms with Crippen molar-refractivity contribution >= 4 is 21.6 Å². The molecule has 0 atom stereocenters. The lowest BCUT2D eigenvalue weighted by Crippen LogP contribution is -2.38. The number of likely N-dealkylation sites (tertiary alicyclic amines) is 1. The number of piperidine rings is 1. The van der Waals surface area contributed by atoms with Crippen LogP contribution in [0.5, 0.6) is 0 Å². The highest BCUT2D eigenvalue weighted by Crippen LogP contribution is 2.35. The second kappa shape index (κ2) is 5.71. The van der Waals surface area contributed by atoms with Crippen LogP contribution in [0, 0.1) is 5.92 Å². The summed E-state index contributed by atoms with van der Waals surface area (Å²) in [5.41, 5.74) is 7.52. The van der Waals surface area contributed by atoms with Gasteiger partial charge in [0.15, 0.2) is 0 Å². The minimum atomic E-state index is -4.06. The van der Waals surface area contributed by atoms with Crippen LogP contribution in [0.3, 0.4) is 0 Å². The van der Waals surface area contributed by atoms with Crippen molar-refractivity contribution in [3.8, 4) is 0 Å². The Bertz CT molecular complexity index is 420. The summed E-state index contributed by atoms with van der Waals surface area (Å²) in [6.45, 7) is 1.52. The molecule has 0 unspecified atom stereocenters. The van der Waals surface area contributed by atoms with Crippen LogP contribution in [-0.4, -0.2) is 24.2 Å². The molecule has 19 heavy (non-hydrogen) atoms. The van der Waals surface area contributed by atoms with Crippen molar-refractivity contribution in [2.24, 2.45) is 5.92 Å². The second-order valence-electron chi connectivity index (χ2n) is 4.90. The number of hydrogen-bond donors (Lipinski definition) is 1. The molecular weight excluding hydrogens is 321 g/mol. The normalized spacial score (nSPS) is 18.7. The Morgan fingerprint density at radius 1 is 1.26 bits per heavy atom. The summed E-state index contributed by atoms with van der Waals surface area (Å²) in [7, 11) is 0. The summed E-state index contributed by atoms with van der Waals surface area (Å²) in [5.74, 6) is -1.15. The molecule has 0 bridgehead atoms. The zero-order valence-corrected chi connectivity index (χ0v) is 12.0. The van der Waals surface area contributed by atoms with Gasteiger partial charge >= 0.3 is 6.18 Å². The second-order valence-corrected chi connectivity index (χ2v) is 5.75. The van der Waals surface area contributed by atoms with Crippen LogP contribution in [0.15, 0.2) is 22.7 Å². The third kappa shape index (κ3) is 3.63. The third-order valence-corrected chi connectivity index (χ3v) is 4.33. The predicted molar refractivity (Wildman–Crippen MR) is 72.6 cm³/mol. The fraction of sp³-hybridized carbons (Fsp3) is 0.538. The first-order valence-electron chi connectivity index (χ1n) is 6.20. The lowest BCUT2D eigenvalue weighted by Gasteiger charge is -2.33. The summed E-state index contributed by atoms with van der Waals surface area (Å²) in [5, 5.41) is 0. The van der Waals surface area contributed by atoms with E-state index in [4.69, 9.17) is 5.73 Å². The van der Waals surface area contributed by atoms with Crippen molar-refractivity contribution < 1.29 is 13.2 Å². The number of nitrogens with two attached hydrogens (primary N) is 1. The van der Waals surface area contributed by atoms with E-state index in [1.54, 1.807) is 0 Å².